The molecule has 2 rings (SSSR count). The minimum Gasteiger partial charge on any atom is -0.294 e. The fourth-order valence-electron chi connectivity index (χ4n) is 1.48. The summed E-state index contributed by atoms with van der Waals surface area (Å²) < 4.78 is 15.5. The Labute approximate surface area is 106 Å². The van der Waals surface area contributed by atoms with Gasteiger partial charge in [0.15, 0.2) is 5.78 Å². The van der Waals surface area contributed by atoms with E-state index < -0.39 is 5.82 Å². The van der Waals surface area contributed by atoms with E-state index in [0.29, 0.717) is 10.3 Å². The van der Waals surface area contributed by atoms with Gasteiger partial charge in [0, 0.05) is 11.5 Å². The van der Waals surface area contributed by atoms with E-state index in [4.69, 9.17) is 0 Å². The van der Waals surface area contributed by atoms with Gasteiger partial charge in [0.25, 0.3) is 0 Å². The van der Waals surface area contributed by atoms with Crippen molar-refractivity contribution in [1.82, 2.24) is 14.8 Å². The first-order chi connectivity index (χ1) is 8.09. The quantitative estimate of drug-likeness (QED) is 0.816. The topological polar surface area (TPSA) is 47.8 Å². The summed E-state index contributed by atoms with van der Waals surface area (Å²) >= 11 is 3.17. The number of ketones is 1. The first kappa shape index (κ1) is 11.9. The molecule has 0 aliphatic heterocycles. The molecule has 0 unspecified atom stereocenters. The standard InChI is InChI=1S/C11H9BrFN3O/c1-16-10(14-6-15-16)5-9(17)11-7(12)3-2-4-8(11)13/h2-4,6H,5H2,1H3. The van der Waals surface area contributed by atoms with Crippen LogP contribution in [0.5, 0.6) is 0 Å². The van der Waals surface area contributed by atoms with Gasteiger partial charge in [0.1, 0.15) is 18.0 Å². The molecule has 0 amide bonds. The highest BCUT2D eigenvalue weighted by Crippen LogP contribution is 2.21. The van der Waals surface area contributed by atoms with Gasteiger partial charge in [-0.3, -0.25) is 9.48 Å². The van der Waals surface area contributed by atoms with Crippen molar-refractivity contribution in [2.75, 3.05) is 0 Å². The van der Waals surface area contributed by atoms with E-state index in [2.05, 4.69) is 26.0 Å². The summed E-state index contributed by atoms with van der Waals surface area (Å²) in [5, 5.41) is 3.86. The molecular weight excluding hydrogens is 289 g/mol. The second kappa shape index (κ2) is 4.75. The zero-order valence-corrected chi connectivity index (χ0v) is 10.6. The Bertz CT molecular complexity index is 547. The number of aromatic nitrogens is 3. The number of nitrogens with zero attached hydrogens (tertiary/aromatic N) is 3. The molecule has 0 bridgehead atoms. The third-order valence-electron chi connectivity index (χ3n) is 2.37. The number of carbonyl (C=O) groups excluding carboxylic acids is 1. The van der Waals surface area contributed by atoms with E-state index in [1.54, 1.807) is 19.2 Å². The van der Waals surface area contributed by atoms with Crippen LogP contribution in [-0.4, -0.2) is 20.5 Å². The molecule has 0 spiro atoms. The highest BCUT2D eigenvalue weighted by Gasteiger charge is 2.17. The number of aryl methyl sites for hydroxylation is 1. The summed E-state index contributed by atoms with van der Waals surface area (Å²) in [6, 6.07) is 4.43. The maximum absolute atomic E-state index is 13.5. The maximum atomic E-state index is 13.5. The van der Waals surface area contributed by atoms with Crippen LogP contribution in [0, 0.1) is 5.82 Å². The summed E-state index contributed by atoms with van der Waals surface area (Å²) in [6.07, 6.45) is 1.38. The van der Waals surface area contributed by atoms with Crippen LogP contribution in [0.2, 0.25) is 0 Å². The van der Waals surface area contributed by atoms with E-state index in [1.807, 2.05) is 0 Å². The minimum absolute atomic E-state index is 0.0238. The van der Waals surface area contributed by atoms with Crippen molar-refractivity contribution in [1.29, 1.82) is 0 Å². The van der Waals surface area contributed by atoms with Crippen molar-refractivity contribution in [3.63, 3.8) is 0 Å². The molecular formula is C11H9BrFN3O. The molecule has 1 heterocycles. The van der Waals surface area contributed by atoms with Crippen LogP contribution >= 0.6 is 15.9 Å². The predicted octanol–water partition coefficient (Wildman–Crippen LogP) is 2.14. The predicted molar refractivity (Wildman–Crippen MR) is 63.1 cm³/mol. The van der Waals surface area contributed by atoms with Gasteiger partial charge in [-0.25, -0.2) is 9.37 Å². The number of hydrogen-bond donors (Lipinski definition) is 0. The molecule has 0 saturated carbocycles. The summed E-state index contributed by atoms with van der Waals surface area (Å²) in [4.78, 5) is 15.9. The molecule has 17 heavy (non-hydrogen) atoms. The highest BCUT2D eigenvalue weighted by molar-refractivity contribution is 9.10. The van der Waals surface area contributed by atoms with Crippen molar-refractivity contribution in [3.8, 4) is 0 Å². The number of benzene rings is 1. The van der Waals surface area contributed by atoms with Crippen molar-refractivity contribution < 1.29 is 9.18 Å². The Balaban J connectivity index is 2.30. The van der Waals surface area contributed by atoms with E-state index in [-0.39, 0.29) is 17.8 Å². The number of rotatable bonds is 3. The van der Waals surface area contributed by atoms with E-state index in [1.165, 1.54) is 17.1 Å². The van der Waals surface area contributed by atoms with Crippen molar-refractivity contribution in [2.45, 2.75) is 6.42 Å². The average molecular weight is 298 g/mol. The van der Waals surface area contributed by atoms with Gasteiger partial charge in [-0.1, -0.05) is 6.07 Å². The van der Waals surface area contributed by atoms with Crippen LogP contribution in [0.4, 0.5) is 4.39 Å². The molecule has 0 fully saturated rings. The molecule has 0 N–H and O–H groups in total. The molecule has 88 valence electrons. The second-order valence-corrected chi connectivity index (χ2v) is 4.35. The highest BCUT2D eigenvalue weighted by atomic mass is 79.9. The molecule has 1 aromatic heterocycles. The lowest BCUT2D eigenvalue weighted by Gasteiger charge is -2.04. The van der Waals surface area contributed by atoms with Crippen LogP contribution < -0.4 is 0 Å². The zero-order chi connectivity index (χ0) is 12.4. The molecule has 0 radical (unpaired) electrons. The summed E-state index contributed by atoms with van der Waals surface area (Å²) in [7, 11) is 1.69. The molecule has 1 aromatic carbocycles. The normalized spacial score (nSPS) is 10.5. The van der Waals surface area contributed by atoms with Crippen LogP contribution in [0.25, 0.3) is 0 Å². The van der Waals surface area contributed by atoms with Crippen molar-refractivity contribution in [3.05, 3.63) is 46.2 Å². The van der Waals surface area contributed by atoms with Crippen LogP contribution in [0.1, 0.15) is 16.2 Å². The van der Waals surface area contributed by atoms with Crippen LogP contribution in [0.15, 0.2) is 29.0 Å². The van der Waals surface area contributed by atoms with Gasteiger partial charge < -0.3 is 0 Å². The number of halogens is 2. The first-order valence-electron chi connectivity index (χ1n) is 4.89. The first-order valence-corrected chi connectivity index (χ1v) is 5.69. The Kier molecular flexibility index (Phi) is 3.33. The van der Waals surface area contributed by atoms with Crippen LogP contribution in [0.3, 0.4) is 0 Å². The van der Waals surface area contributed by atoms with Gasteiger partial charge in [-0.15, -0.1) is 0 Å². The van der Waals surface area contributed by atoms with Gasteiger partial charge >= 0.3 is 0 Å². The monoisotopic (exact) mass is 297 g/mol. The Morgan fingerprint density at radius 1 is 1.53 bits per heavy atom. The molecule has 2 aromatic rings. The van der Waals surface area contributed by atoms with Crippen molar-refractivity contribution in [2.24, 2.45) is 7.05 Å². The zero-order valence-electron chi connectivity index (χ0n) is 9.02. The molecule has 6 heteroatoms. The lowest BCUT2D eigenvalue weighted by molar-refractivity contribution is 0.0985. The summed E-state index contributed by atoms with van der Waals surface area (Å²) in [5.74, 6) is -0.359. The van der Waals surface area contributed by atoms with Gasteiger partial charge in [-0.05, 0) is 28.1 Å². The minimum atomic E-state index is -0.536. The largest absolute Gasteiger partial charge is 0.294 e. The average Bonchev–Trinajstić information content (AvgIpc) is 2.64. The number of hydrogen-bond acceptors (Lipinski definition) is 3. The summed E-state index contributed by atoms with van der Waals surface area (Å²) in [5.41, 5.74) is 0.0514. The maximum Gasteiger partial charge on any atom is 0.174 e. The number of Topliss-reactive ketones (excluding diaryl/α,β-unsaturated/α-hetero) is 1. The van der Waals surface area contributed by atoms with Crippen molar-refractivity contribution >= 4 is 21.7 Å². The van der Waals surface area contributed by atoms with Gasteiger partial charge in [-0.2, -0.15) is 5.10 Å². The summed E-state index contributed by atoms with van der Waals surface area (Å²) in [6.45, 7) is 0. The molecule has 0 aliphatic rings. The Hall–Kier alpha value is -1.56. The van der Waals surface area contributed by atoms with E-state index in [9.17, 15) is 9.18 Å². The lowest BCUT2D eigenvalue weighted by atomic mass is 10.1. The fourth-order valence-corrected chi connectivity index (χ4v) is 2.04. The smallest absolute Gasteiger partial charge is 0.174 e. The van der Waals surface area contributed by atoms with Gasteiger partial charge in [0.2, 0.25) is 0 Å². The number of carbonyl (C=O) groups is 1. The third kappa shape index (κ3) is 2.41. The third-order valence-corrected chi connectivity index (χ3v) is 3.03. The second-order valence-electron chi connectivity index (χ2n) is 3.50. The molecule has 0 atom stereocenters. The van der Waals surface area contributed by atoms with E-state index >= 15 is 0 Å². The molecule has 0 aliphatic carbocycles. The van der Waals surface area contributed by atoms with Gasteiger partial charge in [0.05, 0.1) is 12.0 Å². The fraction of sp³-hybridized carbons (Fsp3) is 0.182. The Morgan fingerprint density at radius 3 is 2.88 bits per heavy atom. The molecule has 4 nitrogen and oxygen atoms in total. The Morgan fingerprint density at radius 2 is 2.29 bits per heavy atom. The SMILES string of the molecule is Cn1ncnc1CC(=O)c1c(F)cccc1Br. The lowest BCUT2D eigenvalue weighted by Crippen LogP contribution is -2.11. The van der Waals surface area contributed by atoms with E-state index in [0.717, 1.165) is 0 Å². The molecule has 0 saturated heterocycles. The van der Waals surface area contributed by atoms with Crippen LogP contribution in [-0.2, 0) is 13.5 Å².